The number of nitrogens with two attached hydrogens (primary N) is 1. The van der Waals surface area contributed by atoms with Gasteiger partial charge >= 0.3 is 0 Å². The molecule has 0 amide bonds. The third-order valence-corrected chi connectivity index (χ3v) is 5.90. The third-order valence-electron chi connectivity index (χ3n) is 5.90. The van der Waals surface area contributed by atoms with Crippen LogP contribution in [-0.2, 0) is 6.42 Å². The molecule has 2 aromatic carbocycles. The minimum absolute atomic E-state index is 0.127. The maximum absolute atomic E-state index is 14.3. The van der Waals surface area contributed by atoms with E-state index in [2.05, 4.69) is 60.1 Å². The van der Waals surface area contributed by atoms with Crippen molar-refractivity contribution in [2.24, 2.45) is 17.1 Å². The molecule has 0 saturated carbocycles. The highest BCUT2D eigenvalue weighted by molar-refractivity contribution is 5.76. The molecule has 37 heavy (non-hydrogen) atoms. The van der Waals surface area contributed by atoms with Crippen LogP contribution in [0, 0.1) is 28.8 Å². The van der Waals surface area contributed by atoms with Crippen molar-refractivity contribution in [2.75, 3.05) is 0 Å². The molecule has 2 aromatic rings. The van der Waals surface area contributed by atoms with Crippen LogP contribution in [0.2, 0.25) is 0 Å². The number of rotatable bonds is 6. The summed E-state index contributed by atoms with van der Waals surface area (Å²) in [7, 11) is 0. The topological polar surface area (TPSA) is 26.0 Å². The van der Waals surface area contributed by atoms with Crippen molar-refractivity contribution in [3.63, 3.8) is 0 Å². The Kier molecular flexibility index (Phi) is 13.0. The van der Waals surface area contributed by atoms with Gasteiger partial charge in [0.1, 0.15) is 17.5 Å². The molecule has 4 heteroatoms. The maximum atomic E-state index is 14.3. The molecule has 3 rings (SSSR count). The summed E-state index contributed by atoms with van der Waals surface area (Å²) in [5, 5.41) is 0. The van der Waals surface area contributed by atoms with Gasteiger partial charge in [0.2, 0.25) is 0 Å². The molecule has 0 spiro atoms. The van der Waals surface area contributed by atoms with Crippen molar-refractivity contribution in [3.05, 3.63) is 126 Å². The number of benzene rings is 2. The first-order valence-corrected chi connectivity index (χ1v) is 12.7. The lowest BCUT2D eigenvalue weighted by atomic mass is 9.79. The van der Waals surface area contributed by atoms with E-state index in [0.29, 0.717) is 5.41 Å². The zero-order chi connectivity index (χ0) is 28.2. The van der Waals surface area contributed by atoms with Crippen molar-refractivity contribution in [1.82, 2.24) is 0 Å². The van der Waals surface area contributed by atoms with E-state index in [1.165, 1.54) is 17.3 Å². The van der Waals surface area contributed by atoms with Gasteiger partial charge in [-0.3, -0.25) is 0 Å². The normalized spacial score (nSPS) is 16.4. The molecular formula is C33H42F3N. The van der Waals surface area contributed by atoms with Crippen LogP contribution in [0.15, 0.2) is 92.2 Å². The fraction of sp³-hybridized carbons (Fsp3) is 0.333. The van der Waals surface area contributed by atoms with E-state index >= 15 is 0 Å². The van der Waals surface area contributed by atoms with Crippen LogP contribution in [0.1, 0.15) is 70.1 Å². The van der Waals surface area contributed by atoms with Crippen molar-refractivity contribution in [2.45, 2.75) is 59.8 Å². The standard InChI is InChI=1S/C22H19F3.C9H18.C2H5N/c1-3-14-5-7-16(8-6-14)17-10-9-15(4-2)19(11-17)22-20(24)12-18(23)13-21(22)25;1-6-8(2)7-9(3,4)5;1-2-3/h4-13,15,19H,2-3H2,1H3;2,6-7H2,1,3-5H3;2H,1,3H2. The number of hydrogen-bond donors (Lipinski definition) is 1. The molecule has 0 aliphatic heterocycles. The van der Waals surface area contributed by atoms with E-state index in [-0.39, 0.29) is 11.5 Å². The second-order valence-corrected chi connectivity index (χ2v) is 10.2. The van der Waals surface area contributed by atoms with E-state index in [1.807, 2.05) is 42.5 Å². The minimum Gasteiger partial charge on any atom is -0.405 e. The zero-order valence-electron chi connectivity index (χ0n) is 23.0. The first-order valence-electron chi connectivity index (χ1n) is 12.7. The lowest BCUT2D eigenvalue weighted by molar-refractivity contribution is 0.406. The first-order chi connectivity index (χ1) is 17.4. The van der Waals surface area contributed by atoms with Crippen LogP contribution in [-0.4, -0.2) is 0 Å². The fourth-order valence-corrected chi connectivity index (χ4v) is 4.07. The van der Waals surface area contributed by atoms with Crippen molar-refractivity contribution in [1.29, 1.82) is 0 Å². The highest BCUT2D eigenvalue weighted by Crippen LogP contribution is 2.38. The number of hydrogen-bond acceptors (Lipinski definition) is 1. The second kappa shape index (κ2) is 15.1. The molecule has 2 unspecified atom stereocenters. The quantitative estimate of drug-likeness (QED) is 0.385. The second-order valence-electron chi connectivity index (χ2n) is 10.2. The van der Waals surface area contributed by atoms with Gasteiger partial charge in [0.25, 0.3) is 0 Å². The molecule has 1 aliphatic carbocycles. The summed E-state index contributed by atoms with van der Waals surface area (Å²) in [5.74, 6) is -3.49. The van der Waals surface area contributed by atoms with Crippen LogP contribution < -0.4 is 5.73 Å². The Morgan fingerprint density at radius 2 is 1.54 bits per heavy atom. The molecule has 200 valence electrons. The van der Waals surface area contributed by atoms with Gasteiger partial charge < -0.3 is 5.73 Å². The summed E-state index contributed by atoms with van der Waals surface area (Å²) in [6.45, 7) is 21.8. The van der Waals surface area contributed by atoms with Gasteiger partial charge in [-0.1, -0.05) is 102 Å². The summed E-state index contributed by atoms with van der Waals surface area (Å²) in [6, 6.07) is 9.52. The van der Waals surface area contributed by atoms with Gasteiger partial charge in [-0.05, 0) is 47.6 Å². The summed E-state index contributed by atoms with van der Waals surface area (Å²) in [5.41, 5.74) is 9.35. The molecule has 1 nitrogen and oxygen atoms in total. The maximum Gasteiger partial charge on any atom is 0.132 e. The van der Waals surface area contributed by atoms with Gasteiger partial charge in [0.05, 0.1) is 0 Å². The van der Waals surface area contributed by atoms with Crippen LogP contribution in [0.3, 0.4) is 0 Å². The van der Waals surface area contributed by atoms with Crippen molar-refractivity contribution in [3.8, 4) is 0 Å². The molecule has 0 bridgehead atoms. The van der Waals surface area contributed by atoms with E-state index in [0.717, 1.165) is 42.5 Å². The molecule has 2 N–H and O–H groups in total. The van der Waals surface area contributed by atoms with Crippen LogP contribution in [0.4, 0.5) is 13.2 Å². The SMILES string of the molecule is C=C(CC)CC(C)(C)C.C=CC1C=CC(c2ccc(CC)cc2)=CC1c1c(F)cc(F)cc1F.C=CN. The average Bonchev–Trinajstić information content (AvgIpc) is 2.83. The predicted molar refractivity (Wildman–Crippen MR) is 154 cm³/mol. The molecule has 0 aromatic heterocycles. The Bertz CT molecular complexity index is 1080. The van der Waals surface area contributed by atoms with Crippen LogP contribution in [0.5, 0.6) is 0 Å². The Labute approximate surface area is 222 Å². The predicted octanol–water partition coefficient (Wildman–Crippen LogP) is 9.68. The highest BCUT2D eigenvalue weighted by Gasteiger charge is 2.27. The molecular weight excluding hydrogens is 467 g/mol. The average molecular weight is 510 g/mol. The summed E-state index contributed by atoms with van der Waals surface area (Å²) < 4.78 is 41.8. The van der Waals surface area contributed by atoms with E-state index in [9.17, 15) is 13.2 Å². The molecule has 2 atom stereocenters. The summed E-state index contributed by atoms with van der Waals surface area (Å²) in [6.07, 6.45) is 11.8. The van der Waals surface area contributed by atoms with Gasteiger partial charge in [0, 0.05) is 29.5 Å². The molecule has 0 fully saturated rings. The Balaban J connectivity index is 0.000000480. The van der Waals surface area contributed by atoms with Crippen LogP contribution in [0.25, 0.3) is 5.57 Å². The number of aryl methyl sites for hydroxylation is 1. The number of halogens is 3. The van der Waals surface area contributed by atoms with Gasteiger partial charge in [0.15, 0.2) is 0 Å². The first kappa shape index (κ1) is 31.8. The van der Waals surface area contributed by atoms with E-state index < -0.39 is 23.4 Å². The molecule has 0 radical (unpaired) electrons. The van der Waals surface area contributed by atoms with Gasteiger partial charge in [-0.2, -0.15) is 0 Å². The van der Waals surface area contributed by atoms with Crippen LogP contribution >= 0.6 is 0 Å². The van der Waals surface area contributed by atoms with E-state index in [1.54, 1.807) is 6.08 Å². The molecule has 0 saturated heterocycles. The fourth-order valence-electron chi connectivity index (χ4n) is 4.07. The smallest absolute Gasteiger partial charge is 0.132 e. The Hall–Kier alpha value is -3.27. The Morgan fingerprint density at radius 3 is 1.95 bits per heavy atom. The largest absolute Gasteiger partial charge is 0.405 e. The highest BCUT2D eigenvalue weighted by atomic mass is 19.1. The molecule has 0 heterocycles. The lowest BCUT2D eigenvalue weighted by Gasteiger charge is -2.25. The zero-order valence-corrected chi connectivity index (χ0v) is 23.0. The minimum atomic E-state index is -0.917. The van der Waals surface area contributed by atoms with E-state index in [4.69, 9.17) is 0 Å². The third kappa shape index (κ3) is 10.3. The van der Waals surface area contributed by atoms with Crippen molar-refractivity contribution < 1.29 is 13.2 Å². The van der Waals surface area contributed by atoms with Crippen molar-refractivity contribution >= 4 is 5.57 Å². The monoisotopic (exact) mass is 509 g/mol. The Morgan fingerprint density at radius 1 is 1.00 bits per heavy atom. The lowest BCUT2D eigenvalue weighted by Crippen LogP contribution is -2.14. The van der Waals surface area contributed by atoms with Gasteiger partial charge in [-0.15, -0.1) is 6.58 Å². The van der Waals surface area contributed by atoms with Gasteiger partial charge in [-0.25, -0.2) is 13.2 Å². The molecule has 1 aliphatic rings. The summed E-state index contributed by atoms with van der Waals surface area (Å²) >= 11 is 0. The summed E-state index contributed by atoms with van der Waals surface area (Å²) in [4.78, 5) is 0. The number of allylic oxidation sites excluding steroid dienone is 6.